The fourth-order valence-corrected chi connectivity index (χ4v) is 2.22. The lowest BCUT2D eigenvalue weighted by Gasteiger charge is -2.05. The zero-order valence-corrected chi connectivity index (χ0v) is 11.3. The first-order valence-electron chi connectivity index (χ1n) is 5.51. The number of hydrogen-bond acceptors (Lipinski definition) is 5. The van der Waals surface area contributed by atoms with E-state index in [-0.39, 0.29) is 5.91 Å². The number of carbonyl (C=O) groups excluding carboxylic acids is 2. The van der Waals surface area contributed by atoms with Gasteiger partial charge in [0, 0.05) is 11.9 Å². The Morgan fingerprint density at radius 3 is 2.74 bits per heavy atom. The predicted molar refractivity (Wildman–Crippen MR) is 72.6 cm³/mol. The van der Waals surface area contributed by atoms with E-state index in [0.29, 0.717) is 16.1 Å². The summed E-state index contributed by atoms with van der Waals surface area (Å²) in [6.07, 6.45) is 1.49. The number of pyridine rings is 1. The lowest BCUT2D eigenvalue weighted by Crippen LogP contribution is -2.14. The molecule has 0 fully saturated rings. The summed E-state index contributed by atoms with van der Waals surface area (Å²) in [6, 6.07) is 5.10. The first kappa shape index (κ1) is 13.2. The quantitative estimate of drug-likeness (QED) is 0.874. The van der Waals surface area contributed by atoms with Crippen LogP contribution in [0.3, 0.4) is 0 Å². The topological polar surface area (TPSA) is 68.3 Å². The third-order valence-corrected chi connectivity index (χ3v) is 3.35. The normalized spacial score (nSPS) is 10.0. The average Bonchev–Trinajstić information content (AvgIpc) is 2.86. The van der Waals surface area contributed by atoms with Crippen LogP contribution >= 0.6 is 11.3 Å². The molecule has 2 aromatic rings. The largest absolute Gasteiger partial charge is 0.465 e. The molecule has 0 radical (unpaired) electrons. The Balaban J connectivity index is 2.17. The van der Waals surface area contributed by atoms with Gasteiger partial charge in [-0.15, -0.1) is 11.3 Å². The molecule has 2 heterocycles. The molecule has 0 saturated carbocycles. The van der Waals surface area contributed by atoms with Crippen LogP contribution in [-0.2, 0) is 4.74 Å². The summed E-state index contributed by atoms with van der Waals surface area (Å²) in [7, 11) is 1.30. The maximum Gasteiger partial charge on any atom is 0.350 e. The lowest BCUT2D eigenvalue weighted by molar-refractivity contribution is 0.0607. The van der Waals surface area contributed by atoms with Gasteiger partial charge < -0.3 is 10.1 Å². The van der Waals surface area contributed by atoms with Gasteiger partial charge in [0.15, 0.2) is 0 Å². The van der Waals surface area contributed by atoms with Crippen LogP contribution in [-0.4, -0.2) is 24.0 Å². The molecule has 0 bridgehead atoms. The standard InChI is InChI=1S/C13H12N2O3S/c1-8-3-4-9(7-14-8)12(16)15-10-5-6-19-11(10)13(17)18-2/h3-7H,1-2H3,(H,15,16). The number of hydrogen-bond donors (Lipinski definition) is 1. The second kappa shape index (κ2) is 5.62. The van der Waals surface area contributed by atoms with Crippen LogP contribution in [0.2, 0.25) is 0 Å². The number of nitrogens with one attached hydrogen (secondary N) is 1. The molecule has 0 unspecified atom stereocenters. The minimum atomic E-state index is -0.465. The molecular weight excluding hydrogens is 264 g/mol. The van der Waals surface area contributed by atoms with E-state index in [1.54, 1.807) is 23.6 Å². The number of thiophene rings is 1. The molecular formula is C13H12N2O3S. The summed E-state index contributed by atoms with van der Waals surface area (Å²) in [4.78, 5) is 27.9. The Hall–Kier alpha value is -2.21. The average molecular weight is 276 g/mol. The number of rotatable bonds is 3. The summed E-state index contributed by atoms with van der Waals surface area (Å²) in [5, 5.41) is 4.39. The van der Waals surface area contributed by atoms with E-state index in [1.807, 2.05) is 6.92 Å². The Bertz CT molecular complexity index is 605. The fraction of sp³-hybridized carbons (Fsp3) is 0.154. The third kappa shape index (κ3) is 2.97. The van der Waals surface area contributed by atoms with Crippen LogP contribution in [0, 0.1) is 6.92 Å². The van der Waals surface area contributed by atoms with E-state index in [2.05, 4.69) is 15.0 Å². The van der Waals surface area contributed by atoms with Gasteiger partial charge in [-0.25, -0.2) is 4.79 Å². The number of carbonyl (C=O) groups is 2. The van der Waals surface area contributed by atoms with Crippen LogP contribution in [0.5, 0.6) is 0 Å². The molecule has 1 amide bonds. The maximum absolute atomic E-state index is 12.0. The zero-order chi connectivity index (χ0) is 13.8. The number of methoxy groups -OCH3 is 1. The maximum atomic E-state index is 12.0. The van der Waals surface area contributed by atoms with Crippen LogP contribution in [0.1, 0.15) is 25.7 Å². The van der Waals surface area contributed by atoms with Gasteiger partial charge in [0.1, 0.15) is 4.88 Å². The fourth-order valence-electron chi connectivity index (χ4n) is 1.46. The van der Waals surface area contributed by atoms with Crippen molar-refractivity contribution < 1.29 is 14.3 Å². The molecule has 2 aromatic heterocycles. The van der Waals surface area contributed by atoms with Gasteiger partial charge in [0.2, 0.25) is 0 Å². The van der Waals surface area contributed by atoms with Gasteiger partial charge in [-0.3, -0.25) is 9.78 Å². The highest BCUT2D eigenvalue weighted by Crippen LogP contribution is 2.23. The number of anilines is 1. The van der Waals surface area contributed by atoms with Crippen molar-refractivity contribution in [3.05, 3.63) is 45.9 Å². The van der Waals surface area contributed by atoms with Crippen molar-refractivity contribution in [1.82, 2.24) is 4.98 Å². The van der Waals surface area contributed by atoms with Crippen molar-refractivity contribution in [1.29, 1.82) is 0 Å². The molecule has 0 aliphatic carbocycles. The molecule has 0 aromatic carbocycles. The highest BCUT2D eigenvalue weighted by Gasteiger charge is 2.16. The van der Waals surface area contributed by atoms with Crippen LogP contribution in [0.25, 0.3) is 0 Å². The summed E-state index contributed by atoms with van der Waals surface area (Å²) < 4.78 is 4.65. The molecule has 19 heavy (non-hydrogen) atoms. The number of aromatic nitrogens is 1. The highest BCUT2D eigenvalue weighted by atomic mass is 32.1. The van der Waals surface area contributed by atoms with Gasteiger partial charge in [0.25, 0.3) is 5.91 Å². The SMILES string of the molecule is COC(=O)c1sccc1NC(=O)c1ccc(C)nc1. The molecule has 5 nitrogen and oxygen atoms in total. The van der Waals surface area contributed by atoms with Gasteiger partial charge >= 0.3 is 5.97 Å². The number of esters is 1. The van der Waals surface area contributed by atoms with E-state index in [1.165, 1.54) is 24.6 Å². The van der Waals surface area contributed by atoms with Crippen molar-refractivity contribution >= 4 is 28.9 Å². The second-order valence-corrected chi connectivity index (χ2v) is 4.71. The number of aryl methyl sites for hydroxylation is 1. The molecule has 0 spiro atoms. The monoisotopic (exact) mass is 276 g/mol. The van der Waals surface area contributed by atoms with E-state index in [9.17, 15) is 9.59 Å². The number of amides is 1. The molecule has 2 rings (SSSR count). The van der Waals surface area contributed by atoms with Gasteiger partial charge in [0.05, 0.1) is 18.4 Å². The van der Waals surface area contributed by atoms with E-state index >= 15 is 0 Å². The second-order valence-electron chi connectivity index (χ2n) is 3.80. The number of ether oxygens (including phenoxy) is 1. The van der Waals surface area contributed by atoms with Crippen molar-refractivity contribution in [2.75, 3.05) is 12.4 Å². The minimum absolute atomic E-state index is 0.309. The van der Waals surface area contributed by atoms with Crippen LogP contribution in [0.15, 0.2) is 29.8 Å². The molecule has 0 aliphatic heterocycles. The first-order valence-corrected chi connectivity index (χ1v) is 6.39. The molecule has 1 N–H and O–H groups in total. The van der Waals surface area contributed by atoms with Gasteiger partial charge in [-0.1, -0.05) is 0 Å². The van der Waals surface area contributed by atoms with Crippen LogP contribution < -0.4 is 5.32 Å². The molecule has 6 heteroatoms. The Labute approximate surface area is 114 Å². The van der Waals surface area contributed by atoms with E-state index in [4.69, 9.17) is 0 Å². The smallest absolute Gasteiger partial charge is 0.350 e. The van der Waals surface area contributed by atoms with Crippen molar-refractivity contribution in [3.63, 3.8) is 0 Å². The summed E-state index contributed by atoms with van der Waals surface area (Å²) in [5.74, 6) is -0.775. The van der Waals surface area contributed by atoms with Crippen LogP contribution in [0.4, 0.5) is 5.69 Å². The lowest BCUT2D eigenvalue weighted by atomic mass is 10.2. The summed E-state index contributed by atoms with van der Waals surface area (Å²) in [6.45, 7) is 1.84. The Morgan fingerprint density at radius 2 is 2.11 bits per heavy atom. The van der Waals surface area contributed by atoms with Gasteiger partial charge in [-0.05, 0) is 30.5 Å². The zero-order valence-electron chi connectivity index (χ0n) is 10.5. The summed E-state index contributed by atoms with van der Waals surface area (Å²) >= 11 is 1.22. The van der Waals surface area contributed by atoms with Crippen molar-refractivity contribution in [3.8, 4) is 0 Å². The Morgan fingerprint density at radius 1 is 1.32 bits per heavy atom. The van der Waals surface area contributed by atoms with Gasteiger partial charge in [-0.2, -0.15) is 0 Å². The first-order chi connectivity index (χ1) is 9.11. The molecule has 98 valence electrons. The van der Waals surface area contributed by atoms with Crippen molar-refractivity contribution in [2.45, 2.75) is 6.92 Å². The Kier molecular flexibility index (Phi) is 3.91. The minimum Gasteiger partial charge on any atom is -0.465 e. The van der Waals surface area contributed by atoms with Crippen molar-refractivity contribution in [2.24, 2.45) is 0 Å². The number of nitrogens with zero attached hydrogens (tertiary/aromatic N) is 1. The van der Waals surface area contributed by atoms with E-state index in [0.717, 1.165) is 5.69 Å². The highest BCUT2D eigenvalue weighted by molar-refractivity contribution is 7.12. The summed E-state index contributed by atoms with van der Waals surface area (Å²) in [5.41, 5.74) is 1.72. The molecule has 0 saturated heterocycles. The molecule has 0 aliphatic rings. The third-order valence-electron chi connectivity index (χ3n) is 2.46. The predicted octanol–water partition coefficient (Wildman–Crippen LogP) is 2.49. The van der Waals surface area contributed by atoms with E-state index < -0.39 is 5.97 Å². The molecule has 0 atom stereocenters.